The summed E-state index contributed by atoms with van der Waals surface area (Å²) >= 11 is 0. The third kappa shape index (κ3) is 2.50. The molecule has 2 amide bonds. The topological polar surface area (TPSA) is 58.6 Å². The number of carbonyl (C=O) groups excluding carboxylic acids is 2. The molecule has 5 nitrogen and oxygen atoms in total. The minimum atomic E-state index is -0.344. The van der Waals surface area contributed by atoms with Crippen LogP contribution in [0.25, 0.3) is 0 Å². The van der Waals surface area contributed by atoms with Gasteiger partial charge in [0.25, 0.3) is 0 Å². The van der Waals surface area contributed by atoms with Crippen molar-refractivity contribution < 1.29 is 14.3 Å². The molecule has 0 aliphatic carbocycles. The fraction of sp³-hybridized carbons (Fsp3) is 0.833. The first-order valence-electron chi connectivity index (χ1n) is 6.33. The zero-order chi connectivity index (χ0) is 12.4. The fourth-order valence-electron chi connectivity index (χ4n) is 2.38. The van der Waals surface area contributed by atoms with Crippen LogP contribution in [0.15, 0.2) is 0 Å². The van der Waals surface area contributed by atoms with Crippen molar-refractivity contribution in [1.29, 1.82) is 0 Å². The zero-order valence-corrected chi connectivity index (χ0v) is 10.4. The lowest BCUT2D eigenvalue weighted by molar-refractivity contribution is -0.141. The van der Waals surface area contributed by atoms with Crippen molar-refractivity contribution in [3.8, 4) is 0 Å². The predicted molar refractivity (Wildman–Crippen MR) is 62.4 cm³/mol. The van der Waals surface area contributed by atoms with E-state index in [0.29, 0.717) is 13.0 Å². The van der Waals surface area contributed by atoms with Gasteiger partial charge in [0.15, 0.2) is 0 Å². The summed E-state index contributed by atoms with van der Waals surface area (Å²) in [5.41, 5.74) is 0. The number of hydrogen-bond acceptors (Lipinski definition) is 4. The highest BCUT2D eigenvalue weighted by molar-refractivity contribution is 6.05. The second-order valence-corrected chi connectivity index (χ2v) is 4.84. The third-order valence-electron chi connectivity index (χ3n) is 3.58. The number of carbonyl (C=O) groups is 2. The molecule has 17 heavy (non-hydrogen) atoms. The van der Waals surface area contributed by atoms with E-state index in [1.165, 1.54) is 4.90 Å². The van der Waals surface area contributed by atoms with E-state index < -0.39 is 0 Å². The average molecular weight is 240 g/mol. The fourth-order valence-corrected chi connectivity index (χ4v) is 2.38. The summed E-state index contributed by atoms with van der Waals surface area (Å²) in [5, 5.41) is 3.23. The normalized spacial score (nSPS) is 31.3. The molecule has 0 aromatic heterocycles. The van der Waals surface area contributed by atoms with Crippen molar-refractivity contribution in [2.24, 2.45) is 0 Å². The molecule has 2 aliphatic heterocycles. The lowest BCUT2D eigenvalue weighted by atomic mass is 10.2. The number of likely N-dealkylation sites (tertiary alicyclic amines) is 1. The Hall–Kier alpha value is -0.940. The number of hydrogen-bond donors (Lipinski definition) is 1. The molecule has 5 heteroatoms. The largest absolute Gasteiger partial charge is 0.380 e. The second kappa shape index (κ2) is 5.14. The number of rotatable bonds is 4. The zero-order valence-electron chi connectivity index (χ0n) is 10.4. The molecule has 0 aromatic rings. The third-order valence-corrected chi connectivity index (χ3v) is 3.58. The molecule has 3 unspecified atom stereocenters. The monoisotopic (exact) mass is 240 g/mol. The molecule has 0 radical (unpaired) electrons. The van der Waals surface area contributed by atoms with E-state index in [1.54, 1.807) is 0 Å². The van der Waals surface area contributed by atoms with Gasteiger partial charge in [-0.2, -0.15) is 0 Å². The van der Waals surface area contributed by atoms with Gasteiger partial charge in [0.2, 0.25) is 11.8 Å². The minimum Gasteiger partial charge on any atom is -0.380 e. The highest BCUT2D eigenvalue weighted by Crippen LogP contribution is 2.19. The van der Waals surface area contributed by atoms with Gasteiger partial charge in [-0.05, 0) is 19.8 Å². The molecule has 2 aliphatic rings. The van der Waals surface area contributed by atoms with Crippen LogP contribution in [0.5, 0.6) is 0 Å². The summed E-state index contributed by atoms with van der Waals surface area (Å²) in [6.07, 6.45) is 2.01. The van der Waals surface area contributed by atoms with E-state index in [0.717, 1.165) is 19.4 Å². The van der Waals surface area contributed by atoms with Gasteiger partial charge in [-0.25, -0.2) is 0 Å². The molecule has 3 atom stereocenters. The molecular formula is C12H20N2O3. The summed E-state index contributed by atoms with van der Waals surface area (Å²) in [7, 11) is 0. The quantitative estimate of drug-likeness (QED) is 0.718. The van der Waals surface area contributed by atoms with Gasteiger partial charge >= 0.3 is 0 Å². The molecule has 0 spiro atoms. The van der Waals surface area contributed by atoms with E-state index in [4.69, 9.17) is 4.74 Å². The Morgan fingerprint density at radius 1 is 1.53 bits per heavy atom. The van der Waals surface area contributed by atoms with Crippen molar-refractivity contribution >= 4 is 11.8 Å². The Morgan fingerprint density at radius 3 is 2.88 bits per heavy atom. The second-order valence-electron chi connectivity index (χ2n) is 4.84. The number of nitrogens with one attached hydrogen (secondary N) is 1. The van der Waals surface area contributed by atoms with Crippen LogP contribution < -0.4 is 5.32 Å². The van der Waals surface area contributed by atoms with Crippen molar-refractivity contribution in [2.75, 3.05) is 13.2 Å². The van der Waals surface area contributed by atoms with Gasteiger partial charge < -0.3 is 10.1 Å². The molecule has 0 aromatic carbocycles. The first-order chi connectivity index (χ1) is 8.13. The predicted octanol–water partition coefficient (Wildman–Crippen LogP) is 0.291. The summed E-state index contributed by atoms with van der Waals surface area (Å²) in [6, 6.07) is -0.126. The highest BCUT2D eigenvalue weighted by Gasteiger charge is 2.41. The standard InChI is InChI=1S/C12H20N2O3/c1-3-8(2)14-11(15)6-10(12(14)16)13-9-4-5-17-7-9/h8-10,13H,3-7H2,1-2H3. The minimum absolute atomic E-state index is 0.00151. The maximum Gasteiger partial charge on any atom is 0.247 e. The Morgan fingerprint density at radius 2 is 2.29 bits per heavy atom. The molecular weight excluding hydrogens is 220 g/mol. The summed E-state index contributed by atoms with van der Waals surface area (Å²) in [5.74, 6) is -0.128. The van der Waals surface area contributed by atoms with E-state index in [2.05, 4.69) is 5.32 Å². The number of amides is 2. The van der Waals surface area contributed by atoms with E-state index in [9.17, 15) is 9.59 Å². The van der Waals surface area contributed by atoms with Gasteiger partial charge in [0, 0.05) is 18.7 Å². The van der Waals surface area contributed by atoms with Gasteiger partial charge in [0.05, 0.1) is 19.1 Å². The average Bonchev–Trinajstić information content (AvgIpc) is 2.89. The Balaban J connectivity index is 1.97. The Bertz CT molecular complexity index is 313. The van der Waals surface area contributed by atoms with Crippen molar-refractivity contribution in [3.63, 3.8) is 0 Å². The van der Waals surface area contributed by atoms with Crippen LogP contribution in [0.4, 0.5) is 0 Å². The van der Waals surface area contributed by atoms with Crippen LogP contribution in [-0.4, -0.2) is 48.1 Å². The Labute approximate surface area is 101 Å². The first-order valence-corrected chi connectivity index (χ1v) is 6.33. The number of imide groups is 1. The maximum absolute atomic E-state index is 12.1. The van der Waals surface area contributed by atoms with E-state index >= 15 is 0 Å². The van der Waals surface area contributed by atoms with Crippen LogP contribution in [0.3, 0.4) is 0 Å². The van der Waals surface area contributed by atoms with Crippen LogP contribution >= 0.6 is 0 Å². The molecule has 2 rings (SSSR count). The Kier molecular flexibility index (Phi) is 3.79. The molecule has 0 saturated carbocycles. The molecule has 2 saturated heterocycles. The van der Waals surface area contributed by atoms with Crippen LogP contribution in [-0.2, 0) is 14.3 Å². The van der Waals surface area contributed by atoms with E-state index in [-0.39, 0.29) is 29.9 Å². The molecule has 1 N–H and O–H groups in total. The van der Waals surface area contributed by atoms with Gasteiger partial charge in [0.1, 0.15) is 0 Å². The van der Waals surface area contributed by atoms with Crippen molar-refractivity contribution in [3.05, 3.63) is 0 Å². The smallest absolute Gasteiger partial charge is 0.247 e. The van der Waals surface area contributed by atoms with Crippen LogP contribution in [0.2, 0.25) is 0 Å². The van der Waals surface area contributed by atoms with E-state index in [1.807, 2.05) is 13.8 Å². The van der Waals surface area contributed by atoms with Crippen molar-refractivity contribution in [2.45, 2.75) is 51.2 Å². The van der Waals surface area contributed by atoms with Gasteiger partial charge in [-0.3, -0.25) is 14.5 Å². The van der Waals surface area contributed by atoms with Gasteiger partial charge in [-0.15, -0.1) is 0 Å². The number of nitrogens with zero attached hydrogens (tertiary/aromatic N) is 1. The summed E-state index contributed by atoms with van der Waals surface area (Å²) in [4.78, 5) is 25.3. The SMILES string of the molecule is CCC(C)N1C(=O)CC(NC2CCOC2)C1=O. The van der Waals surface area contributed by atoms with Crippen LogP contribution in [0.1, 0.15) is 33.1 Å². The summed E-state index contributed by atoms with van der Waals surface area (Å²) < 4.78 is 5.25. The molecule has 2 heterocycles. The summed E-state index contributed by atoms with van der Waals surface area (Å²) in [6.45, 7) is 5.27. The van der Waals surface area contributed by atoms with Crippen LogP contribution in [0, 0.1) is 0 Å². The first kappa shape index (κ1) is 12.5. The number of ether oxygens (including phenoxy) is 1. The van der Waals surface area contributed by atoms with Crippen molar-refractivity contribution in [1.82, 2.24) is 10.2 Å². The molecule has 0 bridgehead atoms. The van der Waals surface area contributed by atoms with Gasteiger partial charge in [-0.1, -0.05) is 6.92 Å². The maximum atomic E-state index is 12.1. The highest BCUT2D eigenvalue weighted by atomic mass is 16.5. The molecule has 2 fully saturated rings. The lowest BCUT2D eigenvalue weighted by Gasteiger charge is -2.22. The lowest BCUT2D eigenvalue weighted by Crippen LogP contribution is -2.46. The molecule has 96 valence electrons.